The number of hydrogen-bond acceptors (Lipinski definition) is 5. The van der Waals surface area contributed by atoms with Crippen LogP contribution in [-0.4, -0.2) is 55.7 Å². The molecule has 0 unspecified atom stereocenters. The highest BCUT2D eigenvalue weighted by molar-refractivity contribution is 5.96. The van der Waals surface area contributed by atoms with Gasteiger partial charge in [0.2, 0.25) is 0 Å². The SMILES string of the molecule is N#Cc1ccc(-c2cc(C(=O)NC3CCOCC3)ccc2OCC(=O)N2CCC(CCc3ccccc3)CC2)cc1. The molecule has 3 aromatic rings. The average molecular weight is 552 g/mol. The van der Waals surface area contributed by atoms with Gasteiger partial charge in [-0.3, -0.25) is 9.59 Å². The van der Waals surface area contributed by atoms with E-state index >= 15 is 0 Å². The maximum absolute atomic E-state index is 13.1. The molecule has 41 heavy (non-hydrogen) atoms. The molecule has 0 radical (unpaired) electrons. The second-order valence-electron chi connectivity index (χ2n) is 10.9. The Morgan fingerprint density at radius 1 is 0.951 bits per heavy atom. The van der Waals surface area contributed by atoms with Gasteiger partial charge in [-0.25, -0.2) is 0 Å². The molecular formula is C34H37N3O4. The molecule has 0 atom stereocenters. The van der Waals surface area contributed by atoms with Crippen LogP contribution >= 0.6 is 0 Å². The minimum absolute atomic E-state index is 0.0291. The topological polar surface area (TPSA) is 91.7 Å². The third-order valence-electron chi connectivity index (χ3n) is 8.13. The van der Waals surface area contributed by atoms with E-state index in [0.29, 0.717) is 41.6 Å². The van der Waals surface area contributed by atoms with Crippen LogP contribution < -0.4 is 10.1 Å². The van der Waals surface area contributed by atoms with Crippen molar-refractivity contribution in [1.29, 1.82) is 5.26 Å². The summed E-state index contributed by atoms with van der Waals surface area (Å²) in [6.45, 7) is 2.72. The summed E-state index contributed by atoms with van der Waals surface area (Å²) in [6, 6.07) is 25.2. The zero-order chi connectivity index (χ0) is 28.4. The lowest BCUT2D eigenvalue weighted by atomic mass is 9.90. The van der Waals surface area contributed by atoms with Gasteiger partial charge in [-0.2, -0.15) is 5.26 Å². The summed E-state index contributed by atoms with van der Waals surface area (Å²) in [4.78, 5) is 28.0. The molecule has 212 valence electrons. The summed E-state index contributed by atoms with van der Waals surface area (Å²) in [5.74, 6) is 0.981. The molecule has 7 nitrogen and oxygen atoms in total. The number of amides is 2. The van der Waals surface area contributed by atoms with Crippen molar-refractivity contribution in [2.75, 3.05) is 32.9 Å². The first kappa shape index (κ1) is 28.4. The highest BCUT2D eigenvalue weighted by Gasteiger charge is 2.24. The number of nitrogens with one attached hydrogen (secondary N) is 1. The maximum atomic E-state index is 13.1. The zero-order valence-corrected chi connectivity index (χ0v) is 23.4. The normalized spacial score (nSPS) is 16.1. The molecule has 0 aliphatic carbocycles. The Bertz CT molecular complexity index is 1350. The van der Waals surface area contributed by atoms with Crippen molar-refractivity contribution in [3.8, 4) is 22.9 Å². The number of nitrogens with zero attached hydrogens (tertiary/aromatic N) is 2. The van der Waals surface area contributed by atoms with E-state index in [9.17, 15) is 14.9 Å². The van der Waals surface area contributed by atoms with Crippen LogP contribution in [0.25, 0.3) is 11.1 Å². The molecule has 0 saturated carbocycles. The molecule has 2 aliphatic rings. The lowest BCUT2D eigenvalue weighted by Gasteiger charge is -2.32. The van der Waals surface area contributed by atoms with E-state index < -0.39 is 0 Å². The third kappa shape index (κ3) is 7.74. The second-order valence-corrected chi connectivity index (χ2v) is 10.9. The van der Waals surface area contributed by atoms with E-state index in [1.165, 1.54) is 5.56 Å². The molecular weight excluding hydrogens is 514 g/mol. The molecule has 2 amide bonds. The lowest BCUT2D eigenvalue weighted by molar-refractivity contribution is -0.134. The third-order valence-corrected chi connectivity index (χ3v) is 8.13. The smallest absolute Gasteiger partial charge is 0.260 e. The van der Waals surface area contributed by atoms with Crippen molar-refractivity contribution >= 4 is 11.8 Å². The van der Waals surface area contributed by atoms with Crippen LogP contribution in [-0.2, 0) is 16.0 Å². The predicted octanol–water partition coefficient (Wildman–Crippen LogP) is 5.38. The summed E-state index contributed by atoms with van der Waals surface area (Å²) in [6.07, 6.45) is 5.82. The fraction of sp³-hybridized carbons (Fsp3) is 0.382. The van der Waals surface area contributed by atoms with E-state index in [2.05, 4.69) is 35.7 Å². The Labute approximate surface area is 242 Å². The van der Waals surface area contributed by atoms with Crippen LogP contribution in [0.1, 0.15) is 53.6 Å². The number of carbonyl (C=O) groups is 2. The lowest BCUT2D eigenvalue weighted by Crippen LogP contribution is -2.41. The Balaban J connectivity index is 1.21. The van der Waals surface area contributed by atoms with Crippen LogP contribution in [0, 0.1) is 17.2 Å². The van der Waals surface area contributed by atoms with E-state index in [0.717, 1.165) is 57.2 Å². The van der Waals surface area contributed by atoms with Gasteiger partial charge in [0.25, 0.3) is 11.8 Å². The fourth-order valence-corrected chi connectivity index (χ4v) is 5.57. The molecule has 0 spiro atoms. The first-order chi connectivity index (χ1) is 20.1. The summed E-state index contributed by atoms with van der Waals surface area (Å²) >= 11 is 0. The van der Waals surface area contributed by atoms with E-state index in [-0.39, 0.29) is 24.5 Å². The van der Waals surface area contributed by atoms with E-state index in [1.54, 1.807) is 30.3 Å². The quantitative estimate of drug-likeness (QED) is 0.385. The van der Waals surface area contributed by atoms with Crippen molar-refractivity contribution in [1.82, 2.24) is 10.2 Å². The van der Waals surface area contributed by atoms with Gasteiger partial charge in [-0.15, -0.1) is 0 Å². The van der Waals surface area contributed by atoms with Crippen molar-refractivity contribution in [2.45, 2.75) is 44.6 Å². The van der Waals surface area contributed by atoms with Crippen LogP contribution in [0.3, 0.4) is 0 Å². The standard InChI is InChI=1S/C34H37N3O4/c35-23-27-8-10-28(11-9-27)31-22-29(34(39)36-30-16-20-40-21-17-30)12-13-32(31)41-24-33(38)37-18-14-26(15-19-37)7-6-25-4-2-1-3-5-25/h1-5,8-13,22,26,30H,6-7,14-21,24H2,(H,36,39). The Kier molecular flexibility index (Phi) is 9.66. The summed E-state index contributed by atoms with van der Waals surface area (Å²) in [5.41, 5.74) is 3.96. The first-order valence-electron chi connectivity index (χ1n) is 14.6. The number of ether oxygens (including phenoxy) is 2. The molecule has 7 heteroatoms. The number of aryl methyl sites for hydroxylation is 1. The Morgan fingerprint density at radius 2 is 1.68 bits per heavy atom. The maximum Gasteiger partial charge on any atom is 0.260 e. The molecule has 2 saturated heterocycles. The largest absolute Gasteiger partial charge is 0.483 e. The number of rotatable bonds is 9. The number of likely N-dealkylation sites (tertiary alicyclic amines) is 1. The Hall–Kier alpha value is -4.15. The highest BCUT2D eigenvalue weighted by Crippen LogP contribution is 2.32. The van der Waals surface area contributed by atoms with Gasteiger partial charge in [-0.05, 0) is 85.9 Å². The summed E-state index contributed by atoms with van der Waals surface area (Å²) < 4.78 is 11.5. The van der Waals surface area contributed by atoms with Crippen molar-refractivity contribution in [3.05, 3.63) is 89.5 Å². The number of hydrogen-bond donors (Lipinski definition) is 1. The number of benzene rings is 3. The molecule has 0 bridgehead atoms. The van der Waals surface area contributed by atoms with Crippen molar-refractivity contribution in [2.24, 2.45) is 5.92 Å². The van der Waals surface area contributed by atoms with Gasteiger partial charge in [0.15, 0.2) is 6.61 Å². The van der Waals surface area contributed by atoms with Crippen LogP contribution in [0.2, 0.25) is 0 Å². The second kappa shape index (κ2) is 14.0. The molecule has 5 rings (SSSR count). The summed E-state index contributed by atoms with van der Waals surface area (Å²) in [5, 5.41) is 12.3. The fourth-order valence-electron chi connectivity index (χ4n) is 5.57. The van der Waals surface area contributed by atoms with Crippen LogP contribution in [0.15, 0.2) is 72.8 Å². The molecule has 1 N–H and O–H groups in total. The van der Waals surface area contributed by atoms with Gasteiger partial charge >= 0.3 is 0 Å². The van der Waals surface area contributed by atoms with E-state index in [1.807, 2.05) is 23.1 Å². The van der Waals surface area contributed by atoms with Crippen molar-refractivity contribution in [3.63, 3.8) is 0 Å². The van der Waals surface area contributed by atoms with Crippen molar-refractivity contribution < 1.29 is 19.1 Å². The number of piperidine rings is 1. The monoisotopic (exact) mass is 551 g/mol. The molecule has 0 aromatic heterocycles. The van der Waals surface area contributed by atoms with Crippen LogP contribution in [0.4, 0.5) is 0 Å². The average Bonchev–Trinajstić information content (AvgIpc) is 3.04. The van der Waals surface area contributed by atoms with E-state index in [4.69, 9.17) is 9.47 Å². The molecule has 2 heterocycles. The highest BCUT2D eigenvalue weighted by atomic mass is 16.5. The van der Waals surface area contributed by atoms with Gasteiger partial charge < -0.3 is 19.7 Å². The first-order valence-corrected chi connectivity index (χ1v) is 14.6. The van der Waals surface area contributed by atoms with Crippen LogP contribution in [0.5, 0.6) is 5.75 Å². The number of nitriles is 1. The van der Waals surface area contributed by atoms with Gasteiger partial charge in [-0.1, -0.05) is 42.5 Å². The van der Waals surface area contributed by atoms with Gasteiger partial charge in [0, 0.05) is 43.5 Å². The minimum atomic E-state index is -0.149. The molecule has 3 aromatic carbocycles. The van der Waals surface area contributed by atoms with Gasteiger partial charge in [0.1, 0.15) is 5.75 Å². The number of carbonyl (C=O) groups excluding carboxylic acids is 2. The van der Waals surface area contributed by atoms with Gasteiger partial charge in [0.05, 0.1) is 11.6 Å². The predicted molar refractivity (Wildman–Crippen MR) is 157 cm³/mol. The molecule has 2 fully saturated rings. The zero-order valence-electron chi connectivity index (χ0n) is 23.4. The molecule has 2 aliphatic heterocycles. The summed E-state index contributed by atoms with van der Waals surface area (Å²) in [7, 11) is 0. The minimum Gasteiger partial charge on any atom is -0.483 e. The Morgan fingerprint density at radius 3 is 2.39 bits per heavy atom.